The molecule has 0 fully saturated rings. The standard InChI is InChI=1S/C14H17/c1-2-3-6-12-9-10-13-7-4-5-8-14(13)11-12/h4-5,7-10H,2-3,6,11H2,1H3. The summed E-state index contributed by atoms with van der Waals surface area (Å²) in [7, 11) is 0. The van der Waals surface area contributed by atoms with Crippen LogP contribution in [0.5, 0.6) is 0 Å². The van der Waals surface area contributed by atoms with E-state index in [2.05, 4.69) is 43.7 Å². The summed E-state index contributed by atoms with van der Waals surface area (Å²) in [4.78, 5) is 0. The average molecular weight is 185 g/mol. The first kappa shape index (κ1) is 9.51. The van der Waals surface area contributed by atoms with Crippen LogP contribution in [0.2, 0.25) is 0 Å². The zero-order chi connectivity index (χ0) is 9.80. The highest BCUT2D eigenvalue weighted by atomic mass is 14.1. The summed E-state index contributed by atoms with van der Waals surface area (Å²) in [6.07, 6.45) is 9.59. The zero-order valence-corrected chi connectivity index (χ0v) is 8.79. The molecule has 1 aromatic carbocycles. The summed E-state index contributed by atoms with van der Waals surface area (Å²) in [6, 6.07) is 8.68. The third kappa shape index (κ3) is 2.06. The lowest BCUT2D eigenvalue weighted by Crippen LogP contribution is -2.01. The van der Waals surface area contributed by atoms with E-state index in [0.717, 1.165) is 6.42 Å². The highest BCUT2D eigenvalue weighted by Crippen LogP contribution is 2.24. The highest BCUT2D eigenvalue weighted by molar-refractivity contribution is 5.43. The van der Waals surface area contributed by atoms with Crippen molar-refractivity contribution in [3.63, 3.8) is 0 Å². The minimum absolute atomic E-state index is 1.16. The van der Waals surface area contributed by atoms with E-state index in [4.69, 9.17) is 0 Å². The Morgan fingerprint density at radius 3 is 2.93 bits per heavy atom. The lowest BCUT2D eigenvalue weighted by molar-refractivity contribution is 0.767. The molecular weight excluding hydrogens is 168 g/mol. The molecule has 0 spiro atoms. The van der Waals surface area contributed by atoms with Crippen LogP contribution in [0.3, 0.4) is 0 Å². The van der Waals surface area contributed by atoms with Gasteiger partial charge >= 0.3 is 0 Å². The SMILES string of the molecule is CCCCC1=C[CH]c2ccccc2C1. The largest absolute Gasteiger partial charge is 0.0765 e. The van der Waals surface area contributed by atoms with Crippen LogP contribution in [-0.4, -0.2) is 0 Å². The smallest absolute Gasteiger partial charge is 0.0127 e. The van der Waals surface area contributed by atoms with Crippen LogP contribution < -0.4 is 0 Å². The van der Waals surface area contributed by atoms with Gasteiger partial charge < -0.3 is 0 Å². The molecule has 0 N–H and O–H groups in total. The molecule has 0 unspecified atom stereocenters. The second-order valence-corrected chi connectivity index (χ2v) is 3.97. The van der Waals surface area contributed by atoms with Crippen molar-refractivity contribution in [2.45, 2.75) is 32.6 Å². The number of unbranched alkanes of at least 4 members (excludes halogenated alkanes) is 1. The Morgan fingerprint density at radius 2 is 2.07 bits per heavy atom. The van der Waals surface area contributed by atoms with Crippen molar-refractivity contribution in [1.82, 2.24) is 0 Å². The van der Waals surface area contributed by atoms with Crippen LogP contribution in [0, 0.1) is 6.42 Å². The molecular formula is C14H17. The van der Waals surface area contributed by atoms with Crippen LogP contribution in [0.15, 0.2) is 35.9 Å². The first-order valence-corrected chi connectivity index (χ1v) is 5.51. The summed E-state index contributed by atoms with van der Waals surface area (Å²) in [5.74, 6) is 0. The van der Waals surface area contributed by atoms with Gasteiger partial charge in [-0.15, -0.1) is 0 Å². The molecule has 1 aromatic rings. The van der Waals surface area contributed by atoms with Crippen molar-refractivity contribution in [3.05, 3.63) is 53.5 Å². The van der Waals surface area contributed by atoms with E-state index in [-0.39, 0.29) is 0 Å². The van der Waals surface area contributed by atoms with Crippen molar-refractivity contribution < 1.29 is 0 Å². The molecule has 0 amide bonds. The van der Waals surface area contributed by atoms with E-state index in [1.165, 1.54) is 30.4 Å². The van der Waals surface area contributed by atoms with E-state index < -0.39 is 0 Å². The fraction of sp³-hybridized carbons (Fsp3) is 0.357. The quantitative estimate of drug-likeness (QED) is 0.669. The monoisotopic (exact) mass is 185 g/mol. The van der Waals surface area contributed by atoms with Gasteiger partial charge in [-0.05, 0) is 30.4 Å². The predicted molar refractivity (Wildman–Crippen MR) is 61.2 cm³/mol. The molecule has 1 radical (unpaired) electrons. The van der Waals surface area contributed by atoms with E-state index in [0.29, 0.717) is 0 Å². The van der Waals surface area contributed by atoms with Crippen LogP contribution in [0.4, 0.5) is 0 Å². The molecule has 0 nitrogen and oxygen atoms in total. The molecule has 0 heterocycles. The molecule has 73 valence electrons. The Balaban J connectivity index is 2.05. The van der Waals surface area contributed by atoms with E-state index >= 15 is 0 Å². The maximum atomic E-state index is 2.30. The fourth-order valence-electron chi connectivity index (χ4n) is 1.94. The Kier molecular flexibility index (Phi) is 3.03. The van der Waals surface area contributed by atoms with Gasteiger partial charge in [-0.3, -0.25) is 0 Å². The maximum absolute atomic E-state index is 2.30. The van der Waals surface area contributed by atoms with Gasteiger partial charge in [0.25, 0.3) is 0 Å². The molecule has 2 rings (SSSR count). The average Bonchev–Trinajstić information content (AvgIpc) is 2.26. The molecule has 0 aliphatic heterocycles. The molecule has 14 heavy (non-hydrogen) atoms. The second-order valence-electron chi connectivity index (χ2n) is 3.97. The molecule has 0 atom stereocenters. The van der Waals surface area contributed by atoms with Crippen molar-refractivity contribution in [1.29, 1.82) is 0 Å². The van der Waals surface area contributed by atoms with Crippen molar-refractivity contribution in [2.24, 2.45) is 0 Å². The van der Waals surface area contributed by atoms with Crippen molar-refractivity contribution >= 4 is 0 Å². The second kappa shape index (κ2) is 4.45. The number of benzene rings is 1. The molecule has 0 aromatic heterocycles. The van der Waals surface area contributed by atoms with Crippen LogP contribution in [0.1, 0.15) is 37.3 Å². The molecule has 0 bridgehead atoms. The molecule has 1 aliphatic rings. The maximum Gasteiger partial charge on any atom is 0.0127 e. The summed E-state index contributed by atoms with van der Waals surface area (Å²) >= 11 is 0. The zero-order valence-electron chi connectivity index (χ0n) is 8.79. The van der Waals surface area contributed by atoms with Crippen LogP contribution in [-0.2, 0) is 6.42 Å². The lowest BCUT2D eigenvalue weighted by Gasteiger charge is -2.16. The minimum atomic E-state index is 1.16. The minimum Gasteiger partial charge on any atom is -0.0765 e. The van der Waals surface area contributed by atoms with Gasteiger partial charge in [-0.25, -0.2) is 0 Å². The van der Waals surface area contributed by atoms with Gasteiger partial charge in [-0.2, -0.15) is 0 Å². The Bertz CT molecular complexity index is 334. The number of rotatable bonds is 3. The third-order valence-electron chi connectivity index (χ3n) is 2.82. The van der Waals surface area contributed by atoms with Gasteiger partial charge in [0, 0.05) is 6.42 Å². The Labute approximate surface area is 86.7 Å². The molecule has 0 saturated heterocycles. The Morgan fingerprint density at radius 1 is 1.21 bits per heavy atom. The normalized spacial score (nSPS) is 14.8. The van der Waals surface area contributed by atoms with E-state index in [9.17, 15) is 0 Å². The van der Waals surface area contributed by atoms with Crippen LogP contribution in [0.25, 0.3) is 0 Å². The van der Waals surface area contributed by atoms with Gasteiger partial charge in [0.05, 0.1) is 0 Å². The highest BCUT2D eigenvalue weighted by Gasteiger charge is 2.09. The first-order chi connectivity index (χ1) is 6.90. The van der Waals surface area contributed by atoms with Gasteiger partial charge in [0.1, 0.15) is 0 Å². The van der Waals surface area contributed by atoms with Gasteiger partial charge in [0.2, 0.25) is 0 Å². The number of allylic oxidation sites excluding steroid dienone is 2. The van der Waals surface area contributed by atoms with Gasteiger partial charge in [0.15, 0.2) is 0 Å². The van der Waals surface area contributed by atoms with E-state index in [1.54, 1.807) is 5.57 Å². The van der Waals surface area contributed by atoms with Gasteiger partial charge in [-0.1, -0.05) is 49.3 Å². The summed E-state index contributed by atoms with van der Waals surface area (Å²) < 4.78 is 0. The molecule has 1 aliphatic carbocycles. The lowest BCUT2D eigenvalue weighted by atomic mass is 9.89. The first-order valence-electron chi connectivity index (χ1n) is 5.51. The predicted octanol–water partition coefficient (Wildman–Crippen LogP) is 3.91. The Hall–Kier alpha value is -1.04. The summed E-state index contributed by atoms with van der Waals surface area (Å²) in [5.41, 5.74) is 4.47. The van der Waals surface area contributed by atoms with Crippen molar-refractivity contribution in [3.8, 4) is 0 Å². The fourth-order valence-corrected chi connectivity index (χ4v) is 1.94. The summed E-state index contributed by atoms with van der Waals surface area (Å²) in [6.45, 7) is 2.25. The number of hydrogen-bond donors (Lipinski definition) is 0. The number of hydrogen-bond acceptors (Lipinski definition) is 0. The molecule has 0 heteroatoms. The molecule has 0 saturated carbocycles. The van der Waals surface area contributed by atoms with Crippen LogP contribution >= 0.6 is 0 Å². The summed E-state index contributed by atoms with van der Waals surface area (Å²) in [5, 5.41) is 0. The van der Waals surface area contributed by atoms with Crippen molar-refractivity contribution in [2.75, 3.05) is 0 Å². The third-order valence-corrected chi connectivity index (χ3v) is 2.82. The topological polar surface area (TPSA) is 0 Å². The van der Waals surface area contributed by atoms with E-state index in [1.807, 2.05) is 0 Å². The number of fused-ring (bicyclic) bond motifs is 1.